The van der Waals surface area contributed by atoms with Gasteiger partial charge in [-0.2, -0.15) is 10.1 Å². The summed E-state index contributed by atoms with van der Waals surface area (Å²) in [6.07, 6.45) is 1.26. The Hall–Kier alpha value is -4.26. The van der Waals surface area contributed by atoms with E-state index in [4.69, 9.17) is 14.2 Å². The molecule has 188 valence electrons. The largest absolute Gasteiger partial charge is 0.493 e. The first-order chi connectivity index (χ1) is 18.0. The van der Waals surface area contributed by atoms with Crippen molar-refractivity contribution in [1.82, 2.24) is 14.8 Å². The topological polar surface area (TPSA) is 70.4 Å². The lowest BCUT2D eigenvalue weighted by Crippen LogP contribution is -2.32. The van der Waals surface area contributed by atoms with E-state index >= 15 is 0 Å². The molecule has 0 saturated heterocycles. The van der Waals surface area contributed by atoms with Gasteiger partial charge in [-0.15, -0.1) is 0 Å². The first kappa shape index (κ1) is 23.2. The lowest BCUT2D eigenvalue weighted by atomic mass is 9.84. The Morgan fingerprint density at radius 3 is 2.41 bits per heavy atom. The highest BCUT2D eigenvalue weighted by atomic mass is 16.5. The molecular formula is C30H30N4O3. The van der Waals surface area contributed by atoms with Crippen molar-refractivity contribution in [2.75, 3.05) is 19.5 Å². The third-order valence-electron chi connectivity index (χ3n) is 7.20. The summed E-state index contributed by atoms with van der Waals surface area (Å²) >= 11 is 0. The lowest BCUT2D eigenvalue weighted by molar-refractivity contribution is 0.223. The van der Waals surface area contributed by atoms with Gasteiger partial charge in [-0.3, -0.25) is 0 Å². The van der Waals surface area contributed by atoms with Crippen molar-refractivity contribution in [2.24, 2.45) is 0 Å². The summed E-state index contributed by atoms with van der Waals surface area (Å²) in [5.74, 6) is 3.31. The van der Waals surface area contributed by atoms with Gasteiger partial charge in [-0.05, 0) is 53.8 Å². The number of hydrogen-bond donors (Lipinski definition) is 1. The Morgan fingerprint density at radius 2 is 1.68 bits per heavy atom. The molecule has 4 aromatic rings. The van der Waals surface area contributed by atoms with Crippen LogP contribution in [0.25, 0.3) is 5.70 Å². The van der Waals surface area contributed by atoms with E-state index in [1.54, 1.807) is 20.5 Å². The molecule has 7 nitrogen and oxygen atoms in total. The Balaban J connectivity index is 1.59. The fraction of sp³-hybridized carbons (Fsp3) is 0.267. The highest BCUT2D eigenvalue weighted by Crippen LogP contribution is 2.51. The normalized spacial score (nSPS) is 17.9. The van der Waals surface area contributed by atoms with Crippen molar-refractivity contribution in [3.8, 4) is 17.2 Å². The van der Waals surface area contributed by atoms with Crippen molar-refractivity contribution in [3.63, 3.8) is 0 Å². The minimum atomic E-state index is -0.325. The molecule has 0 saturated carbocycles. The van der Waals surface area contributed by atoms with E-state index in [2.05, 4.69) is 84.7 Å². The molecule has 2 aliphatic rings. The molecule has 0 fully saturated rings. The Bertz CT molecular complexity index is 1500. The summed E-state index contributed by atoms with van der Waals surface area (Å²) in [6, 6.07) is 20.8. The highest BCUT2D eigenvalue weighted by molar-refractivity contribution is 5.85. The molecule has 37 heavy (non-hydrogen) atoms. The van der Waals surface area contributed by atoms with E-state index in [0.717, 1.165) is 39.3 Å². The van der Waals surface area contributed by atoms with Crippen LogP contribution in [-0.4, -0.2) is 29.0 Å². The molecule has 7 heteroatoms. The van der Waals surface area contributed by atoms with Crippen LogP contribution in [-0.2, 0) is 0 Å². The monoisotopic (exact) mass is 494 g/mol. The van der Waals surface area contributed by atoms with Crippen molar-refractivity contribution >= 4 is 11.6 Å². The maximum Gasteiger partial charge on any atom is 0.226 e. The third kappa shape index (κ3) is 3.82. The number of anilines is 1. The zero-order chi connectivity index (χ0) is 25.7. The van der Waals surface area contributed by atoms with E-state index in [0.29, 0.717) is 23.4 Å². The minimum absolute atomic E-state index is 0.267. The van der Waals surface area contributed by atoms with Gasteiger partial charge in [-0.1, -0.05) is 55.8 Å². The minimum Gasteiger partial charge on any atom is -0.493 e. The first-order valence-corrected chi connectivity index (χ1v) is 12.5. The summed E-state index contributed by atoms with van der Waals surface area (Å²) < 4.78 is 19.9. The SMILES string of the molecule is COc1ccc([C@H]2C3=C(Nc4ncnn42)c2cc(C)ccc2O[C@@H]3c2ccc(C(C)C)cc2)cc1OC. The third-order valence-corrected chi connectivity index (χ3v) is 7.20. The molecule has 3 aromatic carbocycles. The summed E-state index contributed by atoms with van der Waals surface area (Å²) in [6.45, 7) is 6.50. The fourth-order valence-corrected chi connectivity index (χ4v) is 5.26. The van der Waals surface area contributed by atoms with Crippen molar-refractivity contribution in [3.05, 3.63) is 100 Å². The molecule has 0 bridgehead atoms. The van der Waals surface area contributed by atoms with E-state index in [-0.39, 0.29) is 12.1 Å². The molecule has 0 spiro atoms. The second kappa shape index (κ2) is 9.00. The van der Waals surface area contributed by atoms with Gasteiger partial charge in [0.2, 0.25) is 5.95 Å². The average molecular weight is 495 g/mol. The second-order valence-corrected chi connectivity index (χ2v) is 9.82. The molecule has 2 aliphatic heterocycles. The fourth-order valence-electron chi connectivity index (χ4n) is 5.26. The summed E-state index contributed by atoms with van der Waals surface area (Å²) in [5, 5.41) is 8.20. The van der Waals surface area contributed by atoms with Gasteiger partial charge in [0.15, 0.2) is 11.5 Å². The molecule has 0 amide bonds. The van der Waals surface area contributed by atoms with Gasteiger partial charge in [0, 0.05) is 11.1 Å². The zero-order valence-corrected chi connectivity index (χ0v) is 21.6. The van der Waals surface area contributed by atoms with Gasteiger partial charge in [0.1, 0.15) is 24.2 Å². The van der Waals surface area contributed by atoms with Crippen molar-refractivity contribution in [1.29, 1.82) is 0 Å². The van der Waals surface area contributed by atoms with Crippen molar-refractivity contribution < 1.29 is 14.2 Å². The van der Waals surface area contributed by atoms with E-state index in [1.807, 2.05) is 16.8 Å². The van der Waals surface area contributed by atoms with Gasteiger partial charge >= 0.3 is 0 Å². The average Bonchev–Trinajstić information content (AvgIpc) is 3.39. The number of aromatic nitrogens is 3. The number of hydrogen-bond acceptors (Lipinski definition) is 6. The molecule has 3 heterocycles. The van der Waals surface area contributed by atoms with Crippen LogP contribution in [0.1, 0.15) is 59.7 Å². The Morgan fingerprint density at radius 1 is 0.919 bits per heavy atom. The van der Waals surface area contributed by atoms with Crippen LogP contribution in [0.15, 0.2) is 72.6 Å². The van der Waals surface area contributed by atoms with Crippen LogP contribution in [0, 0.1) is 6.92 Å². The van der Waals surface area contributed by atoms with E-state index < -0.39 is 0 Å². The number of nitrogens with zero attached hydrogens (tertiary/aromatic N) is 3. The number of benzene rings is 3. The predicted octanol–water partition coefficient (Wildman–Crippen LogP) is 6.29. The number of rotatable bonds is 5. The maximum atomic E-state index is 6.77. The van der Waals surface area contributed by atoms with Gasteiger partial charge < -0.3 is 19.5 Å². The molecule has 1 N–H and O–H groups in total. The molecular weight excluding hydrogens is 464 g/mol. The number of aryl methyl sites for hydroxylation is 1. The molecule has 6 rings (SSSR count). The van der Waals surface area contributed by atoms with Gasteiger partial charge in [-0.25, -0.2) is 4.68 Å². The smallest absolute Gasteiger partial charge is 0.226 e. The van der Waals surface area contributed by atoms with Crippen LogP contribution >= 0.6 is 0 Å². The molecule has 0 aliphatic carbocycles. The van der Waals surface area contributed by atoms with E-state index in [9.17, 15) is 0 Å². The summed E-state index contributed by atoms with van der Waals surface area (Å²) in [5.41, 5.74) is 7.63. The van der Waals surface area contributed by atoms with Gasteiger partial charge in [0.05, 0.1) is 19.9 Å². The quantitative estimate of drug-likeness (QED) is 0.352. The maximum absolute atomic E-state index is 6.77. The van der Waals surface area contributed by atoms with E-state index in [1.165, 1.54) is 5.56 Å². The van der Waals surface area contributed by atoms with Crippen LogP contribution < -0.4 is 19.5 Å². The van der Waals surface area contributed by atoms with Gasteiger partial charge in [0.25, 0.3) is 0 Å². The van der Waals surface area contributed by atoms with Crippen LogP contribution in [0.5, 0.6) is 17.2 Å². The standard InChI is InChI=1S/C30H30N4O3/c1-17(2)19-7-9-20(10-8-19)29-26-27(22-14-18(3)6-12-23(22)37-29)33-30-31-16-32-34(30)28(26)21-11-13-24(35-4)25(15-21)36-5/h6-17,28-29H,1-5H3,(H,31,32,33)/t28-,29+/m0/s1. The zero-order valence-electron chi connectivity index (χ0n) is 21.6. The second-order valence-electron chi connectivity index (χ2n) is 9.82. The van der Waals surface area contributed by atoms with Crippen LogP contribution in [0.2, 0.25) is 0 Å². The first-order valence-electron chi connectivity index (χ1n) is 12.5. The Kier molecular flexibility index (Phi) is 5.63. The molecule has 0 radical (unpaired) electrons. The summed E-state index contributed by atoms with van der Waals surface area (Å²) in [7, 11) is 3.29. The molecule has 1 aromatic heterocycles. The predicted molar refractivity (Wildman–Crippen MR) is 143 cm³/mol. The number of ether oxygens (including phenoxy) is 3. The van der Waals surface area contributed by atoms with Crippen LogP contribution in [0.3, 0.4) is 0 Å². The number of methoxy groups -OCH3 is 2. The lowest BCUT2D eigenvalue weighted by Gasteiger charge is -2.39. The number of fused-ring (bicyclic) bond motifs is 3. The number of nitrogens with one attached hydrogen (secondary N) is 1. The molecule has 2 atom stereocenters. The summed E-state index contributed by atoms with van der Waals surface area (Å²) in [4.78, 5) is 4.53. The highest BCUT2D eigenvalue weighted by Gasteiger charge is 2.41. The van der Waals surface area contributed by atoms with Crippen LogP contribution in [0.4, 0.5) is 5.95 Å². The molecule has 0 unspecified atom stereocenters. The van der Waals surface area contributed by atoms with Crippen molar-refractivity contribution in [2.45, 2.75) is 38.8 Å². The Labute approximate surface area is 216 Å².